The highest BCUT2D eigenvalue weighted by Crippen LogP contribution is 2.70. The molecule has 0 aromatic carbocycles. The molecule has 0 spiro atoms. The molecule has 4 saturated carbocycles. The van der Waals surface area contributed by atoms with Gasteiger partial charge in [0, 0.05) is 44.6 Å². The summed E-state index contributed by atoms with van der Waals surface area (Å²) in [6, 6.07) is 0. The molecule has 5 rings (SSSR count). The number of esters is 4. The zero-order valence-electron chi connectivity index (χ0n) is 23.0. The third-order valence-corrected chi connectivity index (χ3v) is 10.9. The average molecular weight is 533 g/mol. The second kappa shape index (κ2) is 9.35. The van der Waals surface area contributed by atoms with Crippen LogP contribution in [-0.2, 0) is 38.1 Å². The fourth-order valence-electron chi connectivity index (χ4n) is 9.40. The first-order valence-electron chi connectivity index (χ1n) is 13.9. The maximum Gasteiger partial charge on any atom is 0.331 e. The van der Waals surface area contributed by atoms with Crippen molar-refractivity contribution in [2.75, 3.05) is 6.61 Å². The van der Waals surface area contributed by atoms with E-state index in [2.05, 4.69) is 6.92 Å². The molecule has 0 saturated heterocycles. The molecule has 1 aliphatic heterocycles. The summed E-state index contributed by atoms with van der Waals surface area (Å²) in [5.41, 5.74) is -1.75. The van der Waals surface area contributed by atoms with E-state index in [0.717, 1.165) is 32.1 Å². The van der Waals surface area contributed by atoms with Gasteiger partial charge in [0.1, 0.15) is 24.9 Å². The van der Waals surface area contributed by atoms with Crippen molar-refractivity contribution in [3.05, 3.63) is 11.6 Å². The molecule has 0 unspecified atom stereocenters. The number of carbonyl (C=O) groups is 4. The normalized spacial score (nSPS) is 45.6. The number of rotatable bonds is 4. The summed E-state index contributed by atoms with van der Waals surface area (Å²) in [6.45, 7) is 8.43. The minimum Gasteiger partial charge on any atom is -0.463 e. The average Bonchev–Trinajstić information content (AvgIpc) is 3.32. The van der Waals surface area contributed by atoms with Crippen LogP contribution in [0.15, 0.2) is 11.6 Å². The van der Waals surface area contributed by atoms with Crippen molar-refractivity contribution in [1.29, 1.82) is 0 Å². The predicted octanol–water partition coefficient (Wildman–Crippen LogP) is 3.26. The Morgan fingerprint density at radius 3 is 2.24 bits per heavy atom. The van der Waals surface area contributed by atoms with Crippen LogP contribution in [0.3, 0.4) is 0 Å². The Balaban J connectivity index is 1.56. The van der Waals surface area contributed by atoms with Gasteiger partial charge >= 0.3 is 23.9 Å². The summed E-state index contributed by atoms with van der Waals surface area (Å²) in [4.78, 5) is 48.3. The van der Waals surface area contributed by atoms with E-state index in [1.807, 2.05) is 6.92 Å². The molecule has 0 amide bonds. The van der Waals surface area contributed by atoms with Gasteiger partial charge in [0.2, 0.25) is 0 Å². The Bertz CT molecular complexity index is 1070. The smallest absolute Gasteiger partial charge is 0.331 e. The Hall–Kier alpha value is -2.42. The SMILES string of the molecule is CC(=O)O[C@H]1CC[C@@]2(C)[C@H](CC[C@@H]3[C@@H]2C[C@@H](OC(C)=O)[C@]2(C)[C@@H](C4=CC(=O)OC4)[C@@H](OC(C)=O)C[C@]32O)C1. The monoisotopic (exact) mass is 532 g/mol. The lowest BCUT2D eigenvalue weighted by Crippen LogP contribution is -2.67. The molecule has 210 valence electrons. The van der Waals surface area contributed by atoms with Gasteiger partial charge in [-0.15, -0.1) is 0 Å². The number of fused-ring (bicyclic) bond motifs is 5. The molecule has 1 heterocycles. The van der Waals surface area contributed by atoms with Gasteiger partial charge in [0.15, 0.2) is 0 Å². The van der Waals surface area contributed by atoms with E-state index in [4.69, 9.17) is 18.9 Å². The van der Waals surface area contributed by atoms with Crippen LogP contribution in [0.1, 0.15) is 79.6 Å². The van der Waals surface area contributed by atoms with Crippen molar-refractivity contribution >= 4 is 23.9 Å². The maximum atomic E-state index is 12.8. The lowest BCUT2D eigenvalue weighted by molar-refractivity contribution is -0.251. The zero-order chi connectivity index (χ0) is 27.6. The minimum absolute atomic E-state index is 0.0607. The molecule has 9 heteroatoms. The number of carbonyl (C=O) groups excluding carboxylic acids is 4. The second-order valence-electron chi connectivity index (χ2n) is 12.7. The van der Waals surface area contributed by atoms with Gasteiger partial charge in [-0.05, 0) is 67.3 Å². The largest absolute Gasteiger partial charge is 0.463 e. The number of hydrogen-bond acceptors (Lipinski definition) is 9. The topological polar surface area (TPSA) is 125 Å². The molecule has 0 bridgehead atoms. The molecule has 4 aliphatic carbocycles. The molecule has 38 heavy (non-hydrogen) atoms. The summed E-state index contributed by atoms with van der Waals surface area (Å²) >= 11 is 0. The van der Waals surface area contributed by atoms with E-state index in [1.54, 1.807) is 0 Å². The lowest BCUT2D eigenvalue weighted by atomic mass is 9.42. The van der Waals surface area contributed by atoms with Gasteiger partial charge in [0.25, 0.3) is 0 Å². The van der Waals surface area contributed by atoms with Gasteiger partial charge in [-0.3, -0.25) is 14.4 Å². The Morgan fingerprint density at radius 1 is 0.947 bits per heavy atom. The molecular formula is C29H40O9. The number of hydrogen-bond donors (Lipinski definition) is 1. The quantitative estimate of drug-likeness (QED) is 0.429. The first-order valence-corrected chi connectivity index (χ1v) is 13.9. The lowest BCUT2D eigenvalue weighted by Gasteiger charge is -2.65. The number of cyclic esters (lactones) is 1. The van der Waals surface area contributed by atoms with Gasteiger partial charge < -0.3 is 24.1 Å². The third-order valence-electron chi connectivity index (χ3n) is 10.9. The highest BCUT2D eigenvalue weighted by atomic mass is 16.6. The standard InChI is InChI=1S/C29H40O9/c1-15(30)36-20-8-9-27(4)19(11-20)6-7-21-22(27)12-24(38-17(3)32)28(5)26(18-10-25(33)35-14-18)23(37-16(2)31)13-29(21,28)34/h10,19-24,26,34H,6-9,11-14H2,1-5H3/t19-,20+,21-,22+,23+,24-,26+,27+,28-,29+/m1/s1. The van der Waals surface area contributed by atoms with Crippen molar-refractivity contribution in [3.63, 3.8) is 0 Å². The van der Waals surface area contributed by atoms with Crippen molar-refractivity contribution in [2.24, 2.45) is 34.5 Å². The van der Waals surface area contributed by atoms with Gasteiger partial charge in [-0.1, -0.05) is 13.8 Å². The van der Waals surface area contributed by atoms with Crippen LogP contribution < -0.4 is 0 Å². The first-order chi connectivity index (χ1) is 17.8. The summed E-state index contributed by atoms with van der Waals surface area (Å²) < 4.78 is 22.7. The van der Waals surface area contributed by atoms with E-state index in [-0.39, 0.29) is 42.4 Å². The molecule has 0 radical (unpaired) electrons. The van der Waals surface area contributed by atoms with E-state index in [9.17, 15) is 24.3 Å². The first kappa shape index (κ1) is 27.2. The summed E-state index contributed by atoms with van der Waals surface area (Å²) in [5, 5.41) is 12.8. The fraction of sp³-hybridized carbons (Fsp3) is 0.793. The summed E-state index contributed by atoms with van der Waals surface area (Å²) in [7, 11) is 0. The Morgan fingerprint density at radius 2 is 1.63 bits per heavy atom. The van der Waals surface area contributed by atoms with Crippen LogP contribution in [0.4, 0.5) is 0 Å². The molecule has 4 fully saturated rings. The highest BCUT2D eigenvalue weighted by molar-refractivity contribution is 5.85. The van der Waals surface area contributed by atoms with Crippen LogP contribution in [0.2, 0.25) is 0 Å². The Kier molecular flexibility index (Phi) is 6.68. The van der Waals surface area contributed by atoms with Gasteiger partial charge in [0.05, 0.1) is 5.60 Å². The number of aliphatic hydroxyl groups is 1. The van der Waals surface area contributed by atoms with Crippen LogP contribution >= 0.6 is 0 Å². The Labute approximate surface area is 223 Å². The van der Waals surface area contributed by atoms with Crippen molar-refractivity contribution < 1.29 is 43.2 Å². The summed E-state index contributed by atoms with van der Waals surface area (Å²) in [6.07, 6.45) is 4.84. The minimum atomic E-state index is -1.30. The van der Waals surface area contributed by atoms with E-state index < -0.39 is 47.0 Å². The second-order valence-corrected chi connectivity index (χ2v) is 12.7. The summed E-state index contributed by atoms with van der Waals surface area (Å²) in [5.74, 6) is -1.87. The van der Waals surface area contributed by atoms with E-state index >= 15 is 0 Å². The maximum absolute atomic E-state index is 12.8. The molecule has 9 nitrogen and oxygen atoms in total. The van der Waals surface area contributed by atoms with Crippen LogP contribution in [0.25, 0.3) is 0 Å². The van der Waals surface area contributed by atoms with Crippen molar-refractivity contribution in [2.45, 2.75) is 103 Å². The van der Waals surface area contributed by atoms with Gasteiger partial charge in [-0.2, -0.15) is 0 Å². The predicted molar refractivity (Wildman–Crippen MR) is 133 cm³/mol. The van der Waals surface area contributed by atoms with Gasteiger partial charge in [-0.25, -0.2) is 4.79 Å². The van der Waals surface area contributed by atoms with E-state index in [0.29, 0.717) is 17.9 Å². The van der Waals surface area contributed by atoms with Crippen LogP contribution in [-0.4, -0.2) is 59.5 Å². The molecule has 10 atom stereocenters. The molecule has 5 aliphatic rings. The molecule has 1 N–H and O–H groups in total. The van der Waals surface area contributed by atoms with Crippen LogP contribution in [0, 0.1) is 34.5 Å². The molecule has 0 aromatic heterocycles. The van der Waals surface area contributed by atoms with Crippen molar-refractivity contribution in [1.82, 2.24) is 0 Å². The highest BCUT2D eigenvalue weighted by Gasteiger charge is 2.75. The third kappa shape index (κ3) is 4.07. The zero-order valence-corrected chi connectivity index (χ0v) is 23.0. The fourth-order valence-corrected chi connectivity index (χ4v) is 9.40. The van der Waals surface area contributed by atoms with E-state index in [1.165, 1.54) is 26.8 Å². The van der Waals surface area contributed by atoms with Crippen LogP contribution in [0.5, 0.6) is 0 Å². The molecule has 0 aromatic rings. The van der Waals surface area contributed by atoms with Crippen molar-refractivity contribution in [3.8, 4) is 0 Å². The molecular weight excluding hydrogens is 492 g/mol. The number of ether oxygens (including phenoxy) is 4.